The predicted molar refractivity (Wildman–Crippen MR) is 96.1 cm³/mol. The van der Waals surface area contributed by atoms with E-state index in [0.717, 1.165) is 5.56 Å². The van der Waals surface area contributed by atoms with E-state index in [0.29, 0.717) is 22.4 Å². The van der Waals surface area contributed by atoms with Gasteiger partial charge >= 0.3 is 0 Å². The van der Waals surface area contributed by atoms with Gasteiger partial charge in [0, 0.05) is 17.7 Å². The molecule has 0 aromatic heterocycles. The Morgan fingerprint density at radius 1 is 1.25 bits per heavy atom. The number of phenolic OH excluding ortho intramolecular Hbond substituents is 1. The first-order valence-electron chi connectivity index (χ1n) is 7.56. The number of carbonyl (C=O) groups excluding carboxylic acids is 1. The number of anilines is 1. The minimum Gasteiger partial charge on any atom is -0.508 e. The highest BCUT2D eigenvalue weighted by atomic mass is 16.3. The number of hydrogen-bond acceptors (Lipinski definition) is 4. The van der Waals surface area contributed by atoms with Gasteiger partial charge in [-0.25, -0.2) is 0 Å². The van der Waals surface area contributed by atoms with Gasteiger partial charge < -0.3 is 10.0 Å². The Kier molecular flexibility index (Phi) is 5.14. The Bertz CT molecular complexity index is 812. The number of nitrogens with zero attached hydrogens (tertiary/aromatic N) is 2. The van der Waals surface area contributed by atoms with E-state index in [2.05, 4.69) is 11.8 Å². The number of amides is 1. The van der Waals surface area contributed by atoms with Crippen molar-refractivity contribution in [1.29, 1.82) is 0 Å². The highest BCUT2D eigenvalue weighted by molar-refractivity contribution is 6.08. The van der Waals surface area contributed by atoms with E-state index in [1.165, 1.54) is 4.90 Å². The molecular formula is C19H20N2O3. The third-order valence-electron chi connectivity index (χ3n) is 3.98. The first-order valence-corrected chi connectivity index (χ1v) is 7.56. The maximum Gasteiger partial charge on any atom is 0.258 e. The lowest BCUT2D eigenvalue weighted by molar-refractivity contribution is 0.0989. The molecule has 0 saturated heterocycles. The number of phenols is 1. The molecule has 0 atom stereocenters. The minimum absolute atomic E-state index is 0.131. The molecule has 24 heavy (non-hydrogen) atoms. The fraction of sp³-hybridized carbons (Fsp3) is 0.211. The van der Waals surface area contributed by atoms with Crippen LogP contribution in [-0.4, -0.2) is 17.6 Å². The summed E-state index contributed by atoms with van der Waals surface area (Å²) in [5.41, 5.74) is 3.23. The highest BCUT2D eigenvalue weighted by Crippen LogP contribution is 2.32. The van der Waals surface area contributed by atoms with Crippen LogP contribution >= 0.6 is 0 Å². The standard InChI is InChI=1S/C19H20N2O3/c1-5-9-21(17-10-12(2)11-18(22)14(17)4)19(23)15-7-6-8-16(20-24)13(15)3/h5-8,10-11,22H,1,9H2,2-4H3. The second kappa shape index (κ2) is 7.08. The number of aryl methyl sites for hydroxylation is 1. The average Bonchev–Trinajstić information content (AvgIpc) is 2.56. The molecule has 0 unspecified atom stereocenters. The Labute approximate surface area is 141 Å². The molecule has 0 bridgehead atoms. The number of carbonyl (C=O) groups is 1. The van der Waals surface area contributed by atoms with Crippen molar-refractivity contribution in [2.45, 2.75) is 20.8 Å². The summed E-state index contributed by atoms with van der Waals surface area (Å²) in [6.45, 7) is 9.28. The third-order valence-corrected chi connectivity index (χ3v) is 3.98. The number of aromatic hydroxyl groups is 1. The van der Waals surface area contributed by atoms with E-state index in [4.69, 9.17) is 0 Å². The average molecular weight is 324 g/mol. The molecular weight excluding hydrogens is 304 g/mol. The van der Waals surface area contributed by atoms with E-state index < -0.39 is 0 Å². The summed E-state index contributed by atoms with van der Waals surface area (Å²) in [6.07, 6.45) is 1.62. The van der Waals surface area contributed by atoms with Crippen LogP contribution in [-0.2, 0) is 0 Å². The zero-order valence-corrected chi connectivity index (χ0v) is 14.0. The van der Waals surface area contributed by atoms with Crippen molar-refractivity contribution in [3.8, 4) is 5.75 Å². The molecule has 124 valence electrons. The van der Waals surface area contributed by atoms with Gasteiger partial charge in [-0.2, -0.15) is 0 Å². The van der Waals surface area contributed by atoms with Gasteiger partial charge in [-0.1, -0.05) is 12.1 Å². The van der Waals surface area contributed by atoms with Crippen LogP contribution in [0, 0.1) is 25.7 Å². The molecule has 0 fully saturated rings. The molecule has 0 heterocycles. The molecule has 5 heteroatoms. The molecule has 1 N–H and O–H groups in total. The molecule has 0 radical (unpaired) electrons. The second-order valence-electron chi connectivity index (χ2n) is 5.67. The maximum atomic E-state index is 13.1. The van der Waals surface area contributed by atoms with Gasteiger partial charge in [0.1, 0.15) is 11.4 Å². The van der Waals surface area contributed by atoms with Crippen LogP contribution in [0.5, 0.6) is 5.75 Å². The first-order chi connectivity index (χ1) is 11.4. The van der Waals surface area contributed by atoms with Crippen molar-refractivity contribution in [2.75, 3.05) is 11.4 Å². The molecule has 0 aliphatic heterocycles. The van der Waals surface area contributed by atoms with Gasteiger partial charge in [0.05, 0.1) is 5.69 Å². The zero-order chi connectivity index (χ0) is 17.9. The van der Waals surface area contributed by atoms with E-state index >= 15 is 0 Å². The smallest absolute Gasteiger partial charge is 0.258 e. The van der Waals surface area contributed by atoms with E-state index in [-0.39, 0.29) is 23.9 Å². The van der Waals surface area contributed by atoms with Gasteiger partial charge in [-0.05, 0) is 61.3 Å². The van der Waals surface area contributed by atoms with E-state index in [9.17, 15) is 14.8 Å². The van der Waals surface area contributed by atoms with Crippen molar-refractivity contribution >= 4 is 17.3 Å². The molecule has 2 rings (SSSR count). The van der Waals surface area contributed by atoms with Crippen molar-refractivity contribution < 1.29 is 9.90 Å². The van der Waals surface area contributed by atoms with Crippen LogP contribution in [0.3, 0.4) is 0 Å². The summed E-state index contributed by atoms with van der Waals surface area (Å²) in [4.78, 5) is 25.5. The summed E-state index contributed by atoms with van der Waals surface area (Å²) in [6, 6.07) is 8.35. The Balaban J connectivity index is 2.58. The number of benzene rings is 2. The van der Waals surface area contributed by atoms with E-state index in [1.54, 1.807) is 44.2 Å². The number of hydrogen-bond donors (Lipinski definition) is 1. The normalized spacial score (nSPS) is 10.3. The summed E-state index contributed by atoms with van der Waals surface area (Å²) in [7, 11) is 0. The lowest BCUT2D eigenvalue weighted by atomic mass is 10.0. The SMILES string of the molecule is C=CCN(C(=O)c1cccc(N=O)c1C)c1cc(C)cc(O)c1C. The van der Waals surface area contributed by atoms with Crippen LogP contribution in [0.1, 0.15) is 27.0 Å². The van der Waals surface area contributed by atoms with Crippen LogP contribution in [0.2, 0.25) is 0 Å². The largest absolute Gasteiger partial charge is 0.508 e. The molecule has 0 saturated carbocycles. The topological polar surface area (TPSA) is 70.0 Å². The van der Waals surface area contributed by atoms with Crippen LogP contribution in [0.15, 0.2) is 48.2 Å². The quantitative estimate of drug-likeness (QED) is 0.648. The molecule has 0 aliphatic carbocycles. The summed E-state index contributed by atoms with van der Waals surface area (Å²) < 4.78 is 0. The summed E-state index contributed by atoms with van der Waals surface area (Å²) >= 11 is 0. The molecule has 5 nitrogen and oxygen atoms in total. The molecule has 2 aromatic carbocycles. The summed E-state index contributed by atoms with van der Waals surface area (Å²) in [5.74, 6) is -0.141. The minimum atomic E-state index is -0.272. The highest BCUT2D eigenvalue weighted by Gasteiger charge is 2.22. The lowest BCUT2D eigenvalue weighted by Crippen LogP contribution is -2.32. The van der Waals surface area contributed by atoms with Gasteiger partial charge in [-0.3, -0.25) is 4.79 Å². The monoisotopic (exact) mass is 324 g/mol. The second-order valence-corrected chi connectivity index (χ2v) is 5.67. The van der Waals surface area contributed by atoms with Gasteiger partial charge in [0.15, 0.2) is 0 Å². The molecule has 2 aromatic rings. The van der Waals surface area contributed by atoms with Crippen molar-refractivity contribution in [1.82, 2.24) is 0 Å². The van der Waals surface area contributed by atoms with Gasteiger partial charge in [0.25, 0.3) is 5.91 Å². The van der Waals surface area contributed by atoms with Crippen molar-refractivity contribution in [3.63, 3.8) is 0 Å². The number of nitroso groups, excluding NO2 is 1. The van der Waals surface area contributed by atoms with Crippen LogP contribution in [0.4, 0.5) is 11.4 Å². The fourth-order valence-electron chi connectivity index (χ4n) is 2.62. The summed E-state index contributed by atoms with van der Waals surface area (Å²) in [5, 5.41) is 13.0. The third kappa shape index (κ3) is 3.20. The fourth-order valence-corrected chi connectivity index (χ4v) is 2.62. The van der Waals surface area contributed by atoms with Crippen LogP contribution < -0.4 is 4.90 Å². The van der Waals surface area contributed by atoms with Crippen LogP contribution in [0.25, 0.3) is 0 Å². The molecule has 0 spiro atoms. The number of rotatable bonds is 5. The first kappa shape index (κ1) is 17.4. The Hall–Kier alpha value is -2.95. The van der Waals surface area contributed by atoms with E-state index in [1.807, 2.05) is 13.0 Å². The Morgan fingerprint density at radius 3 is 2.58 bits per heavy atom. The van der Waals surface area contributed by atoms with Gasteiger partial charge in [-0.15, -0.1) is 11.5 Å². The molecule has 0 aliphatic rings. The molecule has 1 amide bonds. The van der Waals surface area contributed by atoms with Crippen molar-refractivity contribution in [2.24, 2.45) is 5.18 Å². The maximum absolute atomic E-state index is 13.1. The lowest BCUT2D eigenvalue weighted by Gasteiger charge is -2.25. The zero-order valence-electron chi connectivity index (χ0n) is 14.0. The van der Waals surface area contributed by atoms with Crippen molar-refractivity contribution in [3.05, 3.63) is 70.1 Å². The predicted octanol–water partition coefficient (Wildman–Crippen LogP) is 4.55. The Morgan fingerprint density at radius 2 is 1.96 bits per heavy atom. The van der Waals surface area contributed by atoms with Gasteiger partial charge in [0.2, 0.25) is 0 Å².